The number of fused-ring (bicyclic) bond motifs is 1. The highest BCUT2D eigenvalue weighted by atomic mass is 32.3. The maximum atomic E-state index is 12.3. The van der Waals surface area contributed by atoms with Crippen LogP contribution in [-0.2, 0) is 25.8 Å². The van der Waals surface area contributed by atoms with Crippen molar-refractivity contribution in [3.8, 4) is 0 Å². The Kier molecular flexibility index (Phi) is 4.72. The van der Waals surface area contributed by atoms with Crippen molar-refractivity contribution in [2.24, 2.45) is 0 Å². The maximum absolute atomic E-state index is 12.3. The summed E-state index contributed by atoms with van der Waals surface area (Å²) < 4.78 is 52.0. The second-order valence-electron chi connectivity index (χ2n) is 4.11. The van der Waals surface area contributed by atoms with Crippen molar-refractivity contribution in [3.05, 3.63) is 11.6 Å². The first-order valence-electron chi connectivity index (χ1n) is 5.63. The van der Waals surface area contributed by atoms with E-state index in [0.717, 1.165) is 10.4 Å². The van der Waals surface area contributed by atoms with Gasteiger partial charge in [0.2, 0.25) is 0 Å². The Morgan fingerprint density at radius 3 is 2.85 bits per heavy atom. The second-order valence-corrected chi connectivity index (χ2v) is 8.46. The van der Waals surface area contributed by atoms with Crippen LogP contribution in [0.1, 0.15) is 16.8 Å². The SMILES string of the molecule is COCCCN1CC(=O)c2cc(S(=O)[O-])sc2S1(=O)=O. The van der Waals surface area contributed by atoms with Gasteiger partial charge in [0.25, 0.3) is 10.0 Å². The van der Waals surface area contributed by atoms with Crippen LogP contribution < -0.4 is 0 Å². The largest absolute Gasteiger partial charge is 0.768 e. The van der Waals surface area contributed by atoms with Crippen LogP contribution in [0.5, 0.6) is 0 Å². The number of hydrogen-bond acceptors (Lipinski definition) is 7. The molecule has 0 bridgehead atoms. The van der Waals surface area contributed by atoms with Crippen LogP contribution >= 0.6 is 11.3 Å². The number of sulfonamides is 1. The Hall–Kier alpha value is -0.650. The monoisotopic (exact) mass is 338 g/mol. The molecular formula is C10H12NO6S3-. The predicted octanol–water partition coefficient (Wildman–Crippen LogP) is 0.210. The minimum atomic E-state index is -3.81. The van der Waals surface area contributed by atoms with Crippen LogP contribution in [0.2, 0.25) is 0 Å². The number of rotatable bonds is 5. The van der Waals surface area contributed by atoms with Gasteiger partial charge in [-0.1, -0.05) is 0 Å². The van der Waals surface area contributed by atoms with Crippen LogP contribution in [0.3, 0.4) is 0 Å². The van der Waals surface area contributed by atoms with E-state index in [9.17, 15) is 22.0 Å². The lowest BCUT2D eigenvalue weighted by Gasteiger charge is -2.24. The summed E-state index contributed by atoms with van der Waals surface area (Å²) in [5, 5.41) is 0. The van der Waals surface area contributed by atoms with Crippen molar-refractivity contribution < 1.29 is 26.7 Å². The zero-order valence-electron chi connectivity index (χ0n) is 10.5. The molecule has 1 atom stereocenters. The molecule has 0 aliphatic carbocycles. The molecule has 0 fully saturated rings. The Morgan fingerprint density at radius 1 is 1.55 bits per heavy atom. The van der Waals surface area contributed by atoms with Gasteiger partial charge in [-0.15, -0.1) is 11.3 Å². The normalized spacial score (nSPS) is 19.8. The lowest BCUT2D eigenvalue weighted by molar-refractivity contribution is 0.0952. The van der Waals surface area contributed by atoms with Crippen molar-refractivity contribution in [2.75, 3.05) is 26.8 Å². The fourth-order valence-electron chi connectivity index (χ4n) is 1.85. The summed E-state index contributed by atoms with van der Waals surface area (Å²) in [6, 6.07) is 1.12. The van der Waals surface area contributed by atoms with E-state index in [1.807, 2.05) is 0 Å². The van der Waals surface area contributed by atoms with Crippen LogP contribution in [0.15, 0.2) is 14.5 Å². The molecule has 0 N–H and O–H groups in total. The number of thiophene rings is 1. The van der Waals surface area contributed by atoms with Gasteiger partial charge in [0.05, 0.1) is 16.3 Å². The highest BCUT2D eigenvalue weighted by Gasteiger charge is 2.38. The van der Waals surface area contributed by atoms with E-state index >= 15 is 0 Å². The summed E-state index contributed by atoms with van der Waals surface area (Å²) in [6.07, 6.45) is 0.462. The summed E-state index contributed by atoms with van der Waals surface area (Å²) in [7, 11) is -2.30. The van der Waals surface area contributed by atoms with Gasteiger partial charge in [0.1, 0.15) is 4.21 Å². The van der Waals surface area contributed by atoms with Crippen LogP contribution in [-0.4, -0.2) is 54.1 Å². The van der Waals surface area contributed by atoms with Crippen molar-refractivity contribution >= 4 is 38.2 Å². The third kappa shape index (κ3) is 2.85. The molecule has 112 valence electrons. The highest BCUT2D eigenvalue weighted by molar-refractivity contribution is 7.92. The topological polar surface area (TPSA) is 104 Å². The molecule has 0 aromatic carbocycles. The number of carbonyl (C=O) groups is 1. The van der Waals surface area contributed by atoms with Gasteiger partial charge >= 0.3 is 0 Å². The molecule has 2 rings (SSSR count). The molecule has 0 radical (unpaired) electrons. The summed E-state index contributed by atoms with van der Waals surface area (Å²) in [4.78, 5) is 11.9. The Balaban J connectivity index is 2.36. The second kappa shape index (κ2) is 6.00. The zero-order chi connectivity index (χ0) is 14.9. The molecule has 1 aromatic heterocycles. The highest BCUT2D eigenvalue weighted by Crippen LogP contribution is 2.35. The molecule has 0 amide bonds. The Labute approximate surface area is 122 Å². The Morgan fingerprint density at radius 2 is 2.25 bits per heavy atom. The van der Waals surface area contributed by atoms with Gasteiger partial charge < -0.3 is 9.29 Å². The molecule has 0 spiro atoms. The molecule has 1 aromatic rings. The summed E-state index contributed by atoms with van der Waals surface area (Å²) in [5.41, 5.74) is -0.0304. The van der Waals surface area contributed by atoms with E-state index in [1.54, 1.807) is 0 Å². The number of methoxy groups -OCH3 is 1. The number of carbonyl (C=O) groups excluding carboxylic acids is 1. The summed E-state index contributed by atoms with van der Waals surface area (Å²) in [5.74, 6) is -0.389. The molecule has 10 heteroatoms. The first-order valence-corrected chi connectivity index (χ1v) is 8.96. The van der Waals surface area contributed by atoms with E-state index in [4.69, 9.17) is 4.74 Å². The van der Waals surface area contributed by atoms with E-state index in [-0.39, 0.29) is 32.9 Å². The van der Waals surface area contributed by atoms with E-state index in [2.05, 4.69) is 0 Å². The molecule has 0 saturated heterocycles. The first-order chi connectivity index (χ1) is 9.37. The lowest BCUT2D eigenvalue weighted by atomic mass is 10.2. The van der Waals surface area contributed by atoms with E-state index in [0.29, 0.717) is 24.4 Å². The third-order valence-corrected chi connectivity index (χ3v) is 7.18. The van der Waals surface area contributed by atoms with Gasteiger partial charge in [0, 0.05) is 20.3 Å². The summed E-state index contributed by atoms with van der Waals surface area (Å²) >= 11 is -1.94. The average Bonchev–Trinajstić information content (AvgIpc) is 2.82. The standard InChI is InChI=1S/C10H13NO6S3/c1-17-4-2-3-11-6-8(12)7-5-9(19(13)14)18-10(7)20(11,15)16/h5H,2-4,6H2,1H3,(H,13,14)/p-1. The molecule has 2 heterocycles. The van der Waals surface area contributed by atoms with Crippen molar-refractivity contribution in [1.82, 2.24) is 4.31 Å². The number of nitrogens with zero attached hydrogens (tertiary/aromatic N) is 1. The quantitative estimate of drug-likeness (QED) is 0.561. The van der Waals surface area contributed by atoms with Crippen LogP contribution in [0, 0.1) is 0 Å². The smallest absolute Gasteiger partial charge is 0.253 e. The maximum Gasteiger partial charge on any atom is 0.253 e. The van der Waals surface area contributed by atoms with Crippen molar-refractivity contribution in [3.63, 3.8) is 0 Å². The van der Waals surface area contributed by atoms with Crippen molar-refractivity contribution in [2.45, 2.75) is 14.8 Å². The van der Waals surface area contributed by atoms with Gasteiger partial charge in [-0.25, -0.2) is 8.42 Å². The molecule has 1 aliphatic heterocycles. The number of ketones is 1. The van der Waals surface area contributed by atoms with Crippen LogP contribution in [0.25, 0.3) is 0 Å². The van der Waals surface area contributed by atoms with Crippen LogP contribution in [0.4, 0.5) is 0 Å². The van der Waals surface area contributed by atoms with E-state index in [1.165, 1.54) is 7.11 Å². The number of Topliss-reactive ketones (excluding diaryl/α,β-unsaturated/α-hetero) is 1. The number of hydrogen-bond donors (Lipinski definition) is 0. The van der Waals surface area contributed by atoms with Gasteiger partial charge in [-0.05, 0) is 23.6 Å². The molecule has 1 aliphatic rings. The zero-order valence-corrected chi connectivity index (χ0v) is 13.0. The van der Waals surface area contributed by atoms with E-state index < -0.39 is 21.1 Å². The first kappa shape index (κ1) is 15.7. The molecular weight excluding hydrogens is 326 g/mol. The Bertz CT molecular complexity index is 650. The summed E-state index contributed by atoms with van der Waals surface area (Å²) in [6.45, 7) is 0.281. The lowest BCUT2D eigenvalue weighted by Crippen LogP contribution is -2.40. The predicted molar refractivity (Wildman–Crippen MR) is 71.1 cm³/mol. The molecule has 1 unspecified atom stereocenters. The van der Waals surface area contributed by atoms with Crippen molar-refractivity contribution in [1.29, 1.82) is 0 Å². The van der Waals surface area contributed by atoms with Gasteiger partial charge in [0.15, 0.2) is 5.78 Å². The minimum Gasteiger partial charge on any atom is -0.768 e. The molecule has 7 nitrogen and oxygen atoms in total. The average molecular weight is 338 g/mol. The number of ether oxygens (including phenoxy) is 1. The fourth-order valence-corrected chi connectivity index (χ4v) is 5.74. The van der Waals surface area contributed by atoms with Gasteiger partial charge in [-0.2, -0.15) is 4.31 Å². The molecule has 0 saturated carbocycles. The third-order valence-electron chi connectivity index (χ3n) is 2.79. The fraction of sp³-hybridized carbons (Fsp3) is 0.500. The molecule has 20 heavy (non-hydrogen) atoms. The minimum absolute atomic E-state index is 0.0304. The van der Waals surface area contributed by atoms with Gasteiger partial charge in [-0.3, -0.25) is 9.00 Å².